The molecule has 0 saturated heterocycles. The third-order valence-electron chi connectivity index (χ3n) is 2.74. The van der Waals surface area contributed by atoms with Crippen molar-refractivity contribution in [1.29, 1.82) is 0 Å². The maximum atomic E-state index is 12.0. The number of aryl methyl sites for hydroxylation is 2. The number of anilines is 1. The minimum Gasteiger partial charge on any atom is -0.322 e. The molecule has 0 aliphatic heterocycles. The Labute approximate surface area is 112 Å². The fraction of sp³-hybridized carbons (Fsp3) is 0.133. The molecule has 0 aromatic heterocycles. The number of halogens is 1. The van der Waals surface area contributed by atoms with Crippen LogP contribution in [0.25, 0.3) is 0 Å². The van der Waals surface area contributed by atoms with Gasteiger partial charge in [-0.25, -0.2) is 0 Å². The molecule has 1 N–H and O–H groups in total. The zero-order valence-corrected chi connectivity index (χ0v) is 11.1. The molecule has 0 bridgehead atoms. The van der Waals surface area contributed by atoms with E-state index in [2.05, 4.69) is 5.32 Å². The van der Waals surface area contributed by atoms with E-state index < -0.39 is 0 Å². The van der Waals surface area contributed by atoms with E-state index in [-0.39, 0.29) is 5.91 Å². The standard InChI is InChI=1S/C15H14ClNO/c1-10-3-7-13(8-4-10)17-15(18)12-6-5-11(2)14(16)9-12/h3-9H,1-2H3,(H,17,18). The number of benzene rings is 2. The molecule has 18 heavy (non-hydrogen) atoms. The predicted octanol–water partition coefficient (Wildman–Crippen LogP) is 4.21. The maximum Gasteiger partial charge on any atom is 0.255 e. The van der Waals surface area contributed by atoms with E-state index in [0.29, 0.717) is 10.6 Å². The molecule has 1 amide bonds. The highest BCUT2D eigenvalue weighted by Gasteiger charge is 2.07. The summed E-state index contributed by atoms with van der Waals surface area (Å²) in [5.74, 6) is -0.152. The van der Waals surface area contributed by atoms with Crippen molar-refractivity contribution in [3.63, 3.8) is 0 Å². The zero-order chi connectivity index (χ0) is 13.1. The SMILES string of the molecule is Cc1ccc(NC(=O)c2ccc(C)c(Cl)c2)cc1. The van der Waals surface area contributed by atoms with Gasteiger partial charge < -0.3 is 5.32 Å². The number of nitrogens with one attached hydrogen (secondary N) is 1. The van der Waals surface area contributed by atoms with Gasteiger partial charge >= 0.3 is 0 Å². The van der Waals surface area contributed by atoms with Crippen LogP contribution in [0, 0.1) is 13.8 Å². The number of hydrogen-bond donors (Lipinski definition) is 1. The minimum absolute atomic E-state index is 0.152. The average Bonchev–Trinajstić information content (AvgIpc) is 2.35. The van der Waals surface area contributed by atoms with Gasteiger partial charge in [0.15, 0.2) is 0 Å². The number of amides is 1. The van der Waals surface area contributed by atoms with Crippen LogP contribution in [0.2, 0.25) is 5.02 Å². The maximum absolute atomic E-state index is 12.0. The van der Waals surface area contributed by atoms with Crippen molar-refractivity contribution in [2.45, 2.75) is 13.8 Å². The highest BCUT2D eigenvalue weighted by molar-refractivity contribution is 6.31. The molecule has 2 rings (SSSR count). The van der Waals surface area contributed by atoms with Gasteiger partial charge in [0, 0.05) is 16.3 Å². The van der Waals surface area contributed by atoms with Crippen molar-refractivity contribution in [2.75, 3.05) is 5.32 Å². The van der Waals surface area contributed by atoms with E-state index in [1.54, 1.807) is 12.1 Å². The summed E-state index contributed by atoms with van der Waals surface area (Å²) in [6, 6.07) is 13.0. The van der Waals surface area contributed by atoms with E-state index in [1.165, 1.54) is 0 Å². The summed E-state index contributed by atoms with van der Waals surface area (Å²) in [4.78, 5) is 12.0. The van der Waals surface area contributed by atoms with Gasteiger partial charge in [-0.3, -0.25) is 4.79 Å². The van der Waals surface area contributed by atoms with Gasteiger partial charge in [-0.05, 0) is 43.7 Å². The van der Waals surface area contributed by atoms with Crippen molar-refractivity contribution in [3.05, 3.63) is 64.2 Å². The van der Waals surface area contributed by atoms with Crippen molar-refractivity contribution in [1.82, 2.24) is 0 Å². The van der Waals surface area contributed by atoms with Gasteiger partial charge in [-0.15, -0.1) is 0 Å². The molecule has 2 nitrogen and oxygen atoms in total. The van der Waals surface area contributed by atoms with E-state index in [1.807, 2.05) is 44.2 Å². The Kier molecular flexibility index (Phi) is 3.68. The molecule has 0 fully saturated rings. The van der Waals surface area contributed by atoms with E-state index in [4.69, 9.17) is 11.6 Å². The lowest BCUT2D eigenvalue weighted by atomic mass is 10.1. The summed E-state index contributed by atoms with van der Waals surface area (Å²) in [6.07, 6.45) is 0. The molecule has 2 aromatic carbocycles. The van der Waals surface area contributed by atoms with Crippen molar-refractivity contribution in [2.24, 2.45) is 0 Å². The van der Waals surface area contributed by atoms with Crippen molar-refractivity contribution < 1.29 is 4.79 Å². The zero-order valence-electron chi connectivity index (χ0n) is 10.3. The first-order valence-corrected chi connectivity index (χ1v) is 6.08. The van der Waals surface area contributed by atoms with Crippen LogP contribution in [0.15, 0.2) is 42.5 Å². The van der Waals surface area contributed by atoms with Gasteiger partial charge in [0.2, 0.25) is 0 Å². The second-order valence-corrected chi connectivity index (χ2v) is 4.69. The molecule has 0 unspecified atom stereocenters. The Balaban J connectivity index is 2.16. The highest BCUT2D eigenvalue weighted by Crippen LogP contribution is 2.18. The first-order chi connectivity index (χ1) is 8.56. The van der Waals surface area contributed by atoms with Crippen LogP contribution < -0.4 is 5.32 Å². The fourth-order valence-electron chi connectivity index (χ4n) is 1.57. The third-order valence-corrected chi connectivity index (χ3v) is 3.15. The van der Waals surface area contributed by atoms with E-state index in [0.717, 1.165) is 16.8 Å². The second kappa shape index (κ2) is 5.23. The summed E-state index contributed by atoms with van der Waals surface area (Å²) >= 11 is 6.00. The fourth-order valence-corrected chi connectivity index (χ4v) is 1.75. The number of carbonyl (C=O) groups is 1. The molecule has 92 valence electrons. The molecule has 0 aliphatic rings. The highest BCUT2D eigenvalue weighted by atomic mass is 35.5. The van der Waals surface area contributed by atoms with Crippen LogP contribution in [0.3, 0.4) is 0 Å². The summed E-state index contributed by atoms with van der Waals surface area (Å²) < 4.78 is 0. The summed E-state index contributed by atoms with van der Waals surface area (Å²) in [7, 11) is 0. The van der Waals surface area contributed by atoms with Crippen LogP contribution in [0.1, 0.15) is 21.5 Å². The van der Waals surface area contributed by atoms with Crippen molar-refractivity contribution >= 4 is 23.2 Å². The van der Waals surface area contributed by atoms with Gasteiger partial charge in [-0.1, -0.05) is 35.4 Å². The van der Waals surface area contributed by atoms with Gasteiger partial charge in [0.05, 0.1) is 0 Å². The normalized spacial score (nSPS) is 10.2. The Bertz CT molecular complexity index is 576. The molecule has 0 radical (unpaired) electrons. The Morgan fingerprint density at radius 2 is 1.72 bits per heavy atom. The van der Waals surface area contributed by atoms with E-state index in [9.17, 15) is 4.79 Å². The lowest BCUT2D eigenvalue weighted by Crippen LogP contribution is -2.11. The molecule has 0 heterocycles. The Morgan fingerprint density at radius 3 is 2.33 bits per heavy atom. The first-order valence-electron chi connectivity index (χ1n) is 5.70. The topological polar surface area (TPSA) is 29.1 Å². The quantitative estimate of drug-likeness (QED) is 0.860. The molecule has 0 atom stereocenters. The van der Waals surface area contributed by atoms with E-state index >= 15 is 0 Å². The number of rotatable bonds is 2. The van der Waals surface area contributed by atoms with Gasteiger partial charge in [-0.2, -0.15) is 0 Å². The van der Waals surface area contributed by atoms with Crippen LogP contribution in [0.4, 0.5) is 5.69 Å². The van der Waals surface area contributed by atoms with Gasteiger partial charge in [0.1, 0.15) is 0 Å². The molecule has 0 saturated carbocycles. The first kappa shape index (κ1) is 12.7. The average molecular weight is 260 g/mol. The van der Waals surface area contributed by atoms with Crippen LogP contribution in [-0.2, 0) is 0 Å². The summed E-state index contributed by atoms with van der Waals surface area (Å²) in [6.45, 7) is 3.91. The smallest absolute Gasteiger partial charge is 0.255 e. The largest absolute Gasteiger partial charge is 0.322 e. The van der Waals surface area contributed by atoms with Crippen molar-refractivity contribution in [3.8, 4) is 0 Å². The number of carbonyl (C=O) groups excluding carboxylic acids is 1. The van der Waals surface area contributed by atoms with Crippen LogP contribution in [0.5, 0.6) is 0 Å². The number of hydrogen-bond acceptors (Lipinski definition) is 1. The lowest BCUT2D eigenvalue weighted by molar-refractivity contribution is 0.102. The van der Waals surface area contributed by atoms with Crippen LogP contribution in [-0.4, -0.2) is 5.91 Å². The lowest BCUT2D eigenvalue weighted by Gasteiger charge is -2.06. The molecule has 2 aromatic rings. The van der Waals surface area contributed by atoms with Crippen LogP contribution >= 0.6 is 11.6 Å². The third kappa shape index (κ3) is 2.90. The molecule has 0 aliphatic carbocycles. The molecule has 3 heteroatoms. The summed E-state index contributed by atoms with van der Waals surface area (Å²) in [5.41, 5.74) is 3.46. The molecular formula is C15H14ClNO. The minimum atomic E-state index is -0.152. The monoisotopic (exact) mass is 259 g/mol. The molecule has 0 spiro atoms. The molecular weight excluding hydrogens is 246 g/mol. The van der Waals surface area contributed by atoms with Gasteiger partial charge in [0.25, 0.3) is 5.91 Å². The predicted molar refractivity (Wildman–Crippen MR) is 75.3 cm³/mol. The summed E-state index contributed by atoms with van der Waals surface area (Å²) in [5, 5.41) is 3.44. The second-order valence-electron chi connectivity index (χ2n) is 4.28. The Morgan fingerprint density at radius 1 is 1.06 bits per heavy atom. The Hall–Kier alpha value is -1.80.